The third-order valence-electron chi connectivity index (χ3n) is 4.35. The zero-order valence-electron chi connectivity index (χ0n) is 13.7. The van der Waals surface area contributed by atoms with Crippen LogP contribution in [0.1, 0.15) is 17.5 Å². The Kier molecular flexibility index (Phi) is 4.71. The summed E-state index contributed by atoms with van der Waals surface area (Å²) in [6.07, 6.45) is 0.239. The normalized spacial score (nSPS) is 17.2. The largest absolute Gasteiger partial charge is 0.325 e. The Morgan fingerprint density at radius 3 is 2.50 bits per heavy atom. The SMILES string of the molecule is Cc1cccc(C)c1NC(=O)C1CC(=O)N(c2cccc(Br)c2)C1. The fraction of sp³-hybridized carbons (Fsp3) is 0.263. The van der Waals surface area contributed by atoms with Crippen molar-refractivity contribution < 1.29 is 9.59 Å². The molecule has 3 rings (SSSR count). The van der Waals surface area contributed by atoms with Crippen LogP contribution in [0, 0.1) is 19.8 Å². The van der Waals surface area contributed by atoms with Gasteiger partial charge in [0.1, 0.15) is 0 Å². The van der Waals surface area contributed by atoms with Gasteiger partial charge in [-0.15, -0.1) is 0 Å². The summed E-state index contributed by atoms with van der Waals surface area (Å²) in [4.78, 5) is 26.6. The molecule has 4 nitrogen and oxygen atoms in total. The van der Waals surface area contributed by atoms with Crippen LogP contribution in [0.5, 0.6) is 0 Å². The number of benzene rings is 2. The maximum atomic E-state index is 12.6. The lowest BCUT2D eigenvalue weighted by Crippen LogP contribution is -2.28. The van der Waals surface area contributed by atoms with Gasteiger partial charge in [-0.2, -0.15) is 0 Å². The average molecular weight is 387 g/mol. The molecule has 1 saturated heterocycles. The molecule has 1 aliphatic rings. The van der Waals surface area contributed by atoms with Crippen molar-refractivity contribution in [1.29, 1.82) is 0 Å². The molecule has 1 unspecified atom stereocenters. The maximum Gasteiger partial charge on any atom is 0.229 e. The van der Waals surface area contributed by atoms with Crippen molar-refractivity contribution in [2.45, 2.75) is 20.3 Å². The number of para-hydroxylation sites is 1. The Hall–Kier alpha value is -2.14. The molecule has 1 heterocycles. The Bertz CT molecular complexity index is 783. The highest BCUT2D eigenvalue weighted by Gasteiger charge is 2.35. The number of hydrogen-bond donors (Lipinski definition) is 1. The monoisotopic (exact) mass is 386 g/mol. The number of rotatable bonds is 3. The fourth-order valence-electron chi connectivity index (χ4n) is 3.01. The van der Waals surface area contributed by atoms with Gasteiger partial charge in [0.15, 0.2) is 0 Å². The molecule has 2 aromatic carbocycles. The van der Waals surface area contributed by atoms with Gasteiger partial charge in [0.05, 0.1) is 5.92 Å². The molecule has 0 aliphatic carbocycles. The summed E-state index contributed by atoms with van der Waals surface area (Å²) in [6, 6.07) is 13.5. The van der Waals surface area contributed by atoms with Gasteiger partial charge in [0, 0.05) is 28.8 Å². The van der Waals surface area contributed by atoms with Crippen molar-refractivity contribution in [3.63, 3.8) is 0 Å². The first-order valence-corrected chi connectivity index (χ1v) is 8.68. The van der Waals surface area contributed by atoms with Crippen molar-refractivity contribution in [3.8, 4) is 0 Å². The van der Waals surface area contributed by atoms with E-state index in [1.807, 2.05) is 56.3 Å². The van der Waals surface area contributed by atoms with Crippen molar-refractivity contribution in [3.05, 3.63) is 58.1 Å². The van der Waals surface area contributed by atoms with E-state index in [4.69, 9.17) is 0 Å². The molecule has 5 heteroatoms. The second-order valence-electron chi connectivity index (χ2n) is 6.14. The van der Waals surface area contributed by atoms with Crippen molar-refractivity contribution >= 4 is 39.1 Å². The Labute approximate surface area is 150 Å². The lowest BCUT2D eigenvalue weighted by atomic mass is 10.1. The quantitative estimate of drug-likeness (QED) is 0.864. The predicted molar refractivity (Wildman–Crippen MR) is 99.1 cm³/mol. The lowest BCUT2D eigenvalue weighted by molar-refractivity contribution is -0.122. The molecule has 2 amide bonds. The minimum absolute atomic E-state index is 0.0187. The molecule has 0 saturated carbocycles. The second kappa shape index (κ2) is 6.77. The van der Waals surface area contributed by atoms with Crippen LogP contribution in [0.4, 0.5) is 11.4 Å². The van der Waals surface area contributed by atoms with E-state index in [-0.39, 0.29) is 24.2 Å². The van der Waals surface area contributed by atoms with E-state index in [2.05, 4.69) is 21.2 Å². The molecule has 24 heavy (non-hydrogen) atoms. The second-order valence-corrected chi connectivity index (χ2v) is 7.06. The van der Waals surface area contributed by atoms with Gasteiger partial charge in [-0.1, -0.05) is 40.2 Å². The molecular weight excluding hydrogens is 368 g/mol. The number of halogens is 1. The van der Waals surface area contributed by atoms with Gasteiger partial charge in [0.2, 0.25) is 11.8 Å². The van der Waals surface area contributed by atoms with Gasteiger partial charge in [-0.05, 0) is 43.2 Å². The molecule has 124 valence electrons. The van der Waals surface area contributed by atoms with E-state index < -0.39 is 0 Å². The van der Waals surface area contributed by atoms with Crippen LogP contribution >= 0.6 is 15.9 Å². The zero-order chi connectivity index (χ0) is 17.3. The van der Waals surface area contributed by atoms with E-state index in [0.29, 0.717) is 6.54 Å². The molecule has 1 fully saturated rings. The van der Waals surface area contributed by atoms with Crippen LogP contribution in [0.2, 0.25) is 0 Å². The Morgan fingerprint density at radius 2 is 1.83 bits per heavy atom. The van der Waals surface area contributed by atoms with Crippen LogP contribution < -0.4 is 10.2 Å². The molecule has 1 aliphatic heterocycles. The number of anilines is 2. The standard InChI is InChI=1S/C19H19BrN2O2/c1-12-5-3-6-13(2)18(12)21-19(24)14-9-17(23)22(11-14)16-8-4-7-15(20)10-16/h3-8,10,14H,9,11H2,1-2H3,(H,21,24). The molecule has 0 aromatic heterocycles. The van der Waals surface area contributed by atoms with Gasteiger partial charge in [-0.25, -0.2) is 0 Å². The number of carbonyl (C=O) groups excluding carboxylic acids is 2. The van der Waals surface area contributed by atoms with Crippen LogP contribution in [0.15, 0.2) is 46.9 Å². The summed E-state index contributed by atoms with van der Waals surface area (Å²) >= 11 is 3.42. The molecule has 1 N–H and O–H groups in total. The smallest absolute Gasteiger partial charge is 0.229 e. The van der Waals surface area contributed by atoms with Gasteiger partial charge in [0.25, 0.3) is 0 Å². The number of nitrogens with one attached hydrogen (secondary N) is 1. The first-order valence-electron chi connectivity index (χ1n) is 7.88. The van der Waals surface area contributed by atoms with Crippen molar-refractivity contribution in [2.24, 2.45) is 5.92 Å². The highest BCUT2D eigenvalue weighted by molar-refractivity contribution is 9.10. The summed E-state index contributed by atoms with van der Waals surface area (Å²) in [7, 11) is 0. The van der Waals surface area contributed by atoms with Crippen LogP contribution in [0.3, 0.4) is 0 Å². The zero-order valence-corrected chi connectivity index (χ0v) is 15.3. The van der Waals surface area contributed by atoms with Crippen LogP contribution in [0.25, 0.3) is 0 Å². The van der Waals surface area contributed by atoms with Gasteiger partial charge in [-0.3, -0.25) is 9.59 Å². The Morgan fingerprint density at radius 1 is 1.17 bits per heavy atom. The maximum absolute atomic E-state index is 12.6. The predicted octanol–water partition coefficient (Wildman–Crippen LogP) is 4.06. The topological polar surface area (TPSA) is 49.4 Å². The van der Waals surface area contributed by atoms with E-state index >= 15 is 0 Å². The minimum atomic E-state index is -0.338. The summed E-state index contributed by atoms with van der Waals surface area (Å²) in [5.41, 5.74) is 3.71. The van der Waals surface area contributed by atoms with Gasteiger partial charge >= 0.3 is 0 Å². The molecule has 0 spiro atoms. The number of hydrogen-bond acceptors (Lipinski definition) is 2. The summed E-state index contributed by atoms with van der Waals surface area (Å²) < 4.78 is 0.913. The molecule has 0 bridgehead atoms. The number of nitrogens with zero attached hydrogens (tertiary/aromatic N) is 1. The van der Waals surface area contributed by atoms with E-state index in [1.54, 1.807) is 4.90 Å². The van der Waals surface area contributed by atoms with Crippen molar-refractivity contribution in [1.82, 2.24) is 0 Å². The van der Waals surface area contributed by atoms with E-state index in [9.17, 15) is 9.59 Å². The summed E-state index contributed by atoms with van der Waals surface area (Å²) in [5, 5.41) is 3.00. The van der Waals surface area contributed by atoms with Gasteiger partial charge < -0.3 is 10.2 Å². The first-order chi connectivity index (χ1) is 11.5. The molecule has 1 atom stereocenters. The summed E-state index contributed by atoms with van der Waals surface area (Å²) in [5.74, 6) is -0.455. The average Bonchev–Trinajstić information content (AvgIpc) is 2.93. The Balaban J connectivity index is 1.75. The fourth-order valence-corrected chi connectivity index (χ4v) is 3.40. The number of amides is 2. The third kappa shape index (κ3) is 3.36. The van der Waals surface area contributed by atoms with Crippen LogP contribution in [-0.4, -0.2) is 18.4 Å². The minimum Gasteiger partial charge on any atom is -0.325 e. The first kappa shape index (κ1) is 16.7. The highest BCUT2D eigenvalue weighted by Crippen LogP contribution is 2.28. The van der Waals surface area contributed by atoms with Crippen LogP contribution in [-0.2, 0) is 9.59 Å². The molecule has 0 radical (unpaired) electrons. The third-order valence-corrected chi connectivity index (χ3v) is 4.84. The summed E-state index contributed by atoms with van der Waals surface area (Å²) in [6.45, 7) is 4.35. The number of carbonyl (C=O) groups is 2. The highest BCUT2D eigenvalue weighted by atomic mass is 79.9. The van der Waals surface area contributed by atoms with E-state index in [0.717, 1.165) is 27.0 Å². The van der Waals surface area contributed by atoms with E-state index in [1.165, 1.54) is 0 Å². The van der Waals surface area contributed by atoms with Crippen molar-refractivity contribution in [2.75, 3.05) is 16.8 Å². The molecular formula is C19H19BrN2O2. The number of aryl methyl sites for hydroxylation is 2. The molecule has 2 aromatic rings. The lowest BCUT2D eigenvalue weighted by Gasteiger charge is -2.17.